The van der Waals surface area contributed by atoms with Crippen molar-refractivity contribution >= 4 is 51.1 Å². The molecule has 0 unspecified atom stereocenters. The zero-order valence-corrected chi connectivity index (χ0v) is 14.7. The molecule has 23 heavy (non-hydrogen) atoms. The van der Waals surface area contributed by atoms with Crippen LogP contribution < -0.4 is 5.32 Å². The average Bonchev–Trinajstić information content (AvgIpc) is 2.83. The van der Waals surface area contributed by atoms with Gasteiger partial charge in [0.15, 0.2) is 5.78 Å². The van der Waals surface area contributed by atoms with Gasteiger partial charge in [0.2, 0.25) is 5.91 Å². The summed E-state index contributed by atoms with van der Waals surface area (Å²) in [5.41, 5.74) is 2.72. The molecule has 1 N–H and O–H groups in total. The topological polar surface area (TPSA) is 58.5 Å². The molecule has 6 heteroatoms. The number of nitrogens with one attached hydrogen (secondary N) is 1. The maximum absolute atomic E-state index is 12.8. The van der Waals surface area contributed by atoms with Crippen LogP contribution in [0.4, 0.5) is 10.7 Å². The highest BCUT2D eigenvalue weighted by Crippen LogP contribution is 2.37. The highest BCUT2D eigenvalue weighted by molar-refractivity contribution is 7.78. The van der Waals surface area contributed by atoms with Crippen molar-refractivity contribution in [2.75, 3.05) is 5.32 Å². The maximum atomic E-state index is 12.8. The molecular formula is C17H16N2O2S2. The van der Waals surface area contributed by atoms with Crippen molar-refractivity contribution in [3.05, 3.63) is 45.8 Å². The number of isothiocyanates is 1. The Morgan fingerprint density at radius 2 is 1.96 bits per heavy atom. The molecular weight excluding hydrogens is 328 g/mol. The van der Waals surface area contributed by atoms with Gasteiger partial charge in [0.1, 0.15) is 5.00 Å². The summed E-state index contributed by atoms with van der Waals surface area (Å²) in [5, 5.41) is 5.62. The first-order valence-corrected chi connectivity index (χ1v) is 8.32. The summed E-state index contributed by atoms with van der Waals surface area (Å²) >= 11 is 6.15. The van der Waals surface area contributed by atoms with Crippen molar-refractivity contribution in [1.82, 2.24) is 0 Å². The van der Waals surface area contributed by atoms with E-state index in [1.165, 1.54) is 18.3 Å². The summed E-state index contributed by atoms with van der Waals surface area (Å²) in [6, 6.07) is 6.81. The highest BCUT2D eigenvalue weighted by Gasteiger charge is 2.21. The summed E-state index contributed by atoms with van der Waals surface area (Å²) in [4.78, 5) is 29.0. The number of aliphatic imine (C=N–C) groups is 1. The van der Waals surface area contributed by atoms with E-state index in [0.29, 0.717) is 21.8 Å². The smallest absolute Gasteiger partial charge is 0.221 e. The lowest BCUT2D eigenvalue weighted by molar-refractivity contribution is -0.114. The quantitative estimate of drug-likeness (QED) is 0.492. The molecule has 0 atom stereocenters. The summed E-state index contributed by atoms with van der Waals surface area (Å²) in [5.74, 6) is -0.250. The Hall–Kier alpha value is -2.14. The number of ketones is 1. The van der Waals surface area contributed by atoms with Gasteiger partial charge in [-0.3, -0.25) is 9.59 Å². The van der Waals surface area contributed by atoms with E-state index in [2.05, 4.69) is 27.7 Å². The number of thiocarbonyl (C=S) groups is 1. The molecule has 0 radical (unpaired) electrons. The summed E-state index contributed by atoms with van der Waals surface area (Å²) in [6.07, 6.45) is 0.838. The molecule has 0 bridgehead atoms. The standard InChI is InChI=1S/C17H16N2O2S2/c1-4-14-10(2)15(17(23-14)18-9-22)16(21)12-5-7-13(8-6-12)19-11(3)20/h5-8H,4H2,1-3H3,(H,19,20). The maximum Gasteiger partial charge on any atom is 0.221 e. The van der Waals surface area contributed by atoms with Crippen LogP contribution in [0, 0.1) is 6.92 Å². The number of nitrogens with zero attached hydrogens (tertiary/aromatic N) is 1. The van der Waals surface area contributed by atoms with Gasteiger partial charge in [-0.25, -0.2) is 0 Å². The number of carbonyl (C=O) groups is 2. The second-order valence-corrected chi connectivity index (χ2v) is 6.24. The predicted molar refractivity (Wildman–Crippen MR) is 97.3 cm³/mol. The van der Waals surface area contributed by atoms with Crippen LogP contribution >= 0.6 is 23.6 Å². The van der Waals surface area contributed by atoms with Crippen LogP contribution in [0.5, 0.6) is 0 Å². The first-order valence-electron chi connectivity index (χ1n) is 7.10. The van der Waals surface area contributed by atoms with Crippen molar-refractivity contribution in [2.45, 2.75) is 27.2 Å². The van der Waals surface area contributed by atoms with E-state index >= 15 is 0 Å². The molecule has 1 amide bonds. The van der Waals surface area contributed by atoms with Crippen LogP contribution in [0.2, 0.25) is 0 Å². The third-order valence-electron chi connectivity index (χ3n) is 3.39. The van der Waals surface area contributed by atoms with E-state index in [9.17, 15) is 9.59 Å². The SMILES string of the molecule is CCc1sc(N=C=S)c(C(=O)c2ccc(NC(C)=O)cc2)c1C. The van der Waals surface area contributed by atoms with E-state index < -0.39 is 0 Å². The van der Waals surface area contributed by atoms with Gasteiger partial charge >= 0.3 is 0 Å². The molecule has 1 aromatic carbocycles. The number of rotatable bonds is 5. The lowest BCUT2D eigenvalue weighted by atomic mass is 10.0. The molecule has 0 spiro atoms. The summed E-state index contributed by atoms with van der Waals surface area (Å²) < 4.78 is 0. The van der Waals surface area contributed by atoms with E-state index in [1.54, 1.807) is 24.3 Å². The average molecular weight is 344 g/mol. The number of hydrogen-bond acceptors (Lipinski definition) is 5. The molecule has 0 aliphatic carbocycles. The Labute approximate surface area is 144 Å². The van der Waals surface area contributed by atoms with Crippen LogP contribution in [-0.2, 0) is 11.2 Å². The minimum absolute atomic E-state index is 0.100. The van der Waals surface area contributed by atoms with Gasteiger partial charge in [0.05, 0.1) is 10.7 Å². The molecule has 1 aromatic heterocycles. The fourth-order valence-electron chi connectivity index (χ4n) is 2.32. The highest BCUT2D eigenvalue weighted by atomic mass is 32.1. The number of amides is 1. The van der Waals surface area contributed by atoms with Crippen LogP contribution in [0.25, 0.3) is 0 Å². The number of anilines is 1. The fourth-order valence-corrected chi connectivity index (χ4v) is 3.54. The van der Waals surface area contributed by atoms with Crippen LogP contribution in [0.3, 0.4) is 0 Å². The molecule has 4 nitrogen and oxygen atoms in total. The predicted octanol–water partition coefficient (Wildman–Crippen LogP) is 4.54. The van der Waals surface area contributed by atoms with E-state index in [1.807, 2.05) is 13.8 Å². The van der Waals surface area contributed by atoms with E-state index in [4.69, 9.17) is 0 Å². The molecule has 2 rings (SSSR count). The first kappa shape index (κ1) is 17.2. The zero-order chi connectivity index (χ0) is 17.0. The Kier molecular flexibility index (Phi) is 5.55. The summed E-state index contributed by atoms with van der Waals surface area (Å²) in [7, 11) is 0. The van der Waals surface area contributed by atoms with Gasteiger partial charge in [-0.15, -0.1) is 11.3 Å². The molecule has 2 aromatic rings. The fraction of sp³-hybridized carbons (Fsp3) is 0.235. The van der Waals surface area contributed by atoms with Crippen molar-refractivity contribution in [3.63, 3.8) is 0 Å². The normalized spacial score (nSPS) is 10.0. The Morgan fingerprint density at radius 3 is 2.48 bits per heavy atom. The molecule has 1 heterocycles. The van der Waals surface area contributed by atoms with Crippen molar-refractivity contribution in [2.24, 2.45) is 4.99 Å². The first-order chi connectivity index (χ1) is 11.0. The van der Waals surface area contributed by atoms with E-state index in [-0.39, 0.29) is 11.7 Å². The third kappa shape index (κ3) is 3.79. The third-order valence-corrected chi connectivity index (χ3v) is 4.81. The van der Waals surface area contributed by atoms with Crippen LogP contribution in [0.1, 0.15) is 40.2 Å². The molecule has 118 valence electrons. The van der Waals surface area contributed by atoms with Crippen LogP contribution in [0.15, 0.2) is 29.3 Å². The molecule has 0 fully saturated rings. The van der Waals surface area contributed by atoms with Gasteiger partial charge in [-0.2, -0.15) is 4.99 Å². The van der Waals surface area contributed by atoms with Gasteiger partial charge in [0, 0.05) is 23.1 Å². The second kappa shape index (κ2) is 7.42. The van der Waals surface area contributed by atoms with Crippen molar-refractivity contribution in [1.29, 1.82) is 0 Å². The lowest BCUT2D eigenvalue weighted by Crippen LogP contribution is -2.07. The van der Waals surface area contributed by atoms with Gasteiger partial charge < -0.3 is 5.32 Å². The molecule has 0 aliphatic rings. The second-order valence-electron chi connectivity index (χ2n) is 4.97. The van der Waals surface area contributed by atoms with Crippen molar-refractivity contribution in [3.8, 4) is 0 Å². The zero-order valence-electron chi connectivity index (χ0n) is 13.1. The largest absolute Gasteiger partial charge is 0.326 e. The molecule has 0 saturated carbocycles. The number of carbonyl (C=O) groups excluding carboxylic acids is 2. The molecule has 0 saturated heterocycles. The Bertz CT molecular complexity index is 801. The monoisotopic (exact) mass is 344 g/mol. The van der Waals surface area contributed by atoms with Crippen molar-refractivity contribution < 1.29 is 9.59 Å². The van der Waals surface area contributed by atoms with Gasteiger partial charge in [0.25, 0.3) is 0 Å². The minimum Gasteiger partial charge on any atom is -0.326 e. The minimum atomic E-state index is -0.150. The number of thiophene rings is 1. The lowest BCUT2D eigenvalue weighted by Gasteiger charge is -2.05. The Morgan fingerprint density at radius 1 is 1.30 bits per heavy atom. The number of hydrogen-bond donors (Lipinski definition) is 1. The number of aryl methyl sites for hydroxylation is 1. The van der Waals surface area contributed by atoms with Crippen LogP contribution in [-0.4, -0.2) is 16.9 Å². The number of benzene rings is 1. The van der Waals surface area contributed by atoms with E-state index in [0.717, 1.165) is 16.9 Å². The van der Waals surface area contributed by atoms with Gasteiger partial charge in [-0.1, -0.05) is 6.92 Å². The Balaban J connectivity index is 2.42. The molecule has 0 aliphatic heterocycles. The van der Waals surface area contributed by atoms with Gasteiger partial charge in [-0.05, 0) is 55.4 Å². The summed E-state index contributed by atoms with van der Waals surface area (Å²) in [6.45, 7) is 5.41.